The first kappa shape index (κ1) is 19.9. The van der Waals surface area contributed by atoms with Gasteiger partial charge in [-0.05, 0) is 72.1 Å². The molecule has 0 aliphatic heterocycles. The largest absolute Gasteiger partial charge is 0.426 e. The Labute approximate surface area is 170 Å². The quantitative estimate of drug-likeness (QED) is 0.338. The Morgan fingerprint density at radius 2 is 1.46 bits per heavy atom. The lowest BCUT2D eigenvalue weighted by atomic mass is 10.2. The van der Waals surface area contributed by atoms with Gasteiger partial charge in [-0.15, -0.1) is 0 Å². The molecule has 0 spiro atoms. The molecule has 0 fully saturated rings. The number of thioether (sulfide) groups is 2. The molecule has 7 heteroatoms. The van der Waals surface area contributed by atoms with Gasteiger partial charge < -0.3 is 4.74 Å². The van der Waals surface area contributed by atoms with Crippen molar-refractivity contribution in [1.29, 1.82) is 0 Å². The van der Waals surface area contributed by atoms with Gasteiger partial charge in [-0.1, -0.05) is 12.1 Å². The van der Waals surface area contributed by atoms with Gasteiger partial charge in [0, 0.05) is 34.7 Å². The number of aromatic nitrogens is 1. The summed E-state index contributed by atoms with van der Waals surface area (Å²) in [5.41, 5.74) is 0.858. The van der Waals surface area contributed by atoms with E-state index in [1.165, 1.54) is 13.1 Å². The lowest BCUT2D eigenvalue weighted by molar-refractivity contribution is -0.131. The molecule has 0 saturated heterocycles. The van der Waals surface area contributed by atoms with Crippen LogP contribution in [0.5, 0.6) is 5.75 Å². The van der Waals surface area contributed by atoms with E-state index >= 15 is 0 Å². The minimum Gasteiger partial charge on any atom is -0.426 e. The van der Waals surface area contributed by atoms with Gasteiger partial charge in [0.1, 0.15) is 5.75 Å². The highest BCUT2D eigenvalue weighted by atomic mass is 32.2. The van der Waals surface area contributed by atoms with Crippen molar-refractivity contribution < 1.29 is 19.1 Å². The van der Waals surface area contributed by atoms with Crippen molar-refractivity contribution in [3.63, 3.8) is 0 Å². The standard InChI is InChI=1S/C21H15NO4S2/c1-14(23)26-19-7-3-2-6-18(19)21(25)28-17-10-8-16(9-11-17)27-20(24)15-5-4-12-22-13-15/h2-13H,1H3. The highest BCUT2D eigenvalue weighted by Gasteiger charge is 2.15. The predicted octanol–water partition coefficient (Wildman–Crippen LogP) is 4.87. The monoisotopic (exact) mass is 409 g/mol. The Morgan fingerprint density at radius 1 is 0.821 bits per heavy atom. The lowest BCUT2D eigenvalue weighted by Crippen LogP contribution is -2.06. The van der Waals surface area contributed by atoms with Crippen molar-refractivity contribution in [2.45, 2.75) is 16.7 Å². The summed E-state index contributed by atoms with van der Waals surface area (Å²) in [6.07, 6.45) is 3.14. The molecule has 0 radical (unpaired) electrons. The fourth-order valence-corrected chi connectivity index (χ4v) is 3.76. The molecule has 0 N–H and O–H groups in total. The minimum absolute atomic E-state index is 0.0973. The maximum Gasteiger partial charge on any atom is 0.308 e. The van der Waals surface area contributed by atoms with Crippen LogP contribution in [0.3, 0.4) is 0 Å². The average Bonchev–Trinajstić information content (AvgIpc) is 2.70. The van der Waals surface area contributed by atoms with E-state index in [-0.39, 0.29) is 16.0 Å². The second-order valence-electron chi connectivity index (χ2n) is 5.58. The number of benzene rings is 2. The van der Waals surface area contributed by atoms with Crippen LogP contribution in [-0.2, 0) is 4.79 Å². The van der Waals surface area contributed by atoms with Crippen molar-refractivity contribution >= 4 is 39.7 Å². The van der Waals surface area contributed by atoms with E-state index in [1.807, 2.05) is 0 Å². The van der Waals surface area contributed by atoms with E-state index in [0.29, 0.717) is 11.1 Å². The molecule has 1 heterocycles. The van der Waals surface area contributed by atoms with E-state index < -0.39 is 5.97 Å². The molecule has 2 aromatic carbocycles. The second kappa shape index (κ2) is 9.34. The molecule has 0 atom stereocenters. The maximum atomic E-state index is 12.6. The number of carbonyl (C=O) groups excluding carboxylic acids is 3. The van der Waals surface area contributed by atoms with E-state index in [1.54, 1.807) is 66.9 Å². The van der Waals surface area contributed by atoms with Gasteiger partial charge in [0.15, 0.2) is 0 Å². The third kappa shape index (κ3) is 5.31. The third-order valence-corrected chi connectivity index (χ3v) is 5.34. The van der Waals surface area contributed by atoms with Crippen LogP contribution >= 0.6 is 23.5 Å². The molecular weight excluding hydrogens is 394 g/mol. The van der Waals surface area contributed by atoms with Crippen LogP contribution in [0.25, 0.3) is 0 Å². The van der Waals surface area contributed by atoms with E-state index in [9.17, 15) is 14.4 Å². The third-order valence-electron chi connectivity index (χ3n) is 3.50. The van der Waals surface area contributed by atoms with Gasteiger partial charge in [-0.2, -0.15) is 0 Å². The van der Waals surface area contributed by atoms with Crippen molar-refractivity contribution in [1.82, 2.24) is 4.98 Å². The fourth-order valence-electron chi connectivity index (χ4n) is 2.27. The summed E-state index contributed by atoms with van der Waals surface area (Å²) in [6, 6.07) is 17.2. The van der Waals surface area contributed by atoms with Crippen LogP contribution < -0.4 is 4.74 Å². The zero-order valence-electron chi connectivity index (χ0n) is 14.8. The molecule has 5 nitrogen and oxygen atoms in total. The summed E-state index contributed by atoms with van der Waals surface area (Å²) in [5, 5.41) is -0.330. The van der Waals surface area contributed by atoms with Gasteiger partial charge in [0.2, 0.25) is 10.2 Å². The van der Waals surface area contributed by atoms with E-state index in [2.05, 4.69) is 4.98 Å². The van der Waals surface area contributed by atoms with Crippen LogP contribution in [0.2, 0.25) is 0 Å². The smallest absolute Gasteiger partial charge is 0.308 e. The first-order valence-corrected chi connectivity index (χ1v) is 9.88. The molecule has 0 bridgehead atoms. The van der Waals surface area contributed by atoms with Crippen LogP contribution in [0.4, 0.5) is 0 Å². The molecule has 3 rings (SSSR count). The van der Waals surface area contributed by atoms with E-state index in [0.717, 1.165) is 33.3 Å². The molecule has 0 saturated carbocycles. The molecule has 0 amide bonds. The number of para-hydroxylation sites is 1. The predicted molar refractivity (Wildman–Crippen MR) is 109 cm³/mol. The van der Waals surface area contributed by atoms with Crippen molar-refractivity contribution in [2.75, 3.05) is 0 Å². The number of rotatable bonds is 5. The van der Waals surface area contributed by atoms with Gasteiger partial charge in [-0.25, -0.2) is 0 Å². The Bertz CT molecular complexity index is 1000. The molecule has 140 valence electrons. The summed E-state index contributed by atoms with van der Waals surface area (Å²) < 4.78 is 5.09. The molecule has 0 aliphatic rings. The summed E-state index contributed by atoms with van der Waals surface area (Å²) in [5.74, 6) is -0.244. The number of hydrogen-bond acceptors (Lipinski definition) is 7. The number of nitrogens with zero attached hydrogens (tertiary/aromatic N) is 1. The Morgan fingerprint density at radius 3 is 2.07 bits per heavy atom. The lowest BCUT2D eigenvalue weighted by Gasteiger charge is -2.08. The Hall–Kier alpha value is -2.90. The van der Waals surface area contributed by atoms with Crippen LogP contribution in [0, 0.1) is 0 Å². The molecule has 1 aromatic heterocycles. The number of esters is 1. The molecule has 28 heavy (non-hydrogen) atoms. The number of pyridine rings is 1. The Kier molecular flexibility index (Phi) is 6.62. The van der Waals surface area contributed by atoms with Crippen LogP contribution in [0.15, 0.2) is 82.8 Å². The molecule has 3 aromatic rings. The molecule has 0 unspecified atom stereocenters. The maximum absolute atomic E-state index is 12.6. The summed E-state index contributed by atoms with van der Waals surface area (Å²) in [4.78, 5) is 41.4. The highest BCUT2D eigenvalue weighted by molar-refractivity contribution is 8.14. The number of hydrogen-bond donors (Lipinski definition) is 0. The first-order valence-electron chi connectivity index (χ1n) is 8.25. The highest BCUT2D eigenvalue weighted by Crippen LogP contribution is 2.30. The fraction of sp³-hybridized carbons (Fsp3) is 0.0476. The van der Waals surface area contributed by atoms with Gasteiger partial charge in [-0.3, -0.25) is 19.4 Å². The van der Waals surface area contributed by atoms with Gasteiger partial charge in [0.25, 0.3) is 0 Å². The number of ether oxygens (including phenoxy) is 1. The average molecular weight is 409 g/mol. The summed E-state index contributed by atoms with van der Waals surface area (Å²) in [7, 11) is 0. The van der Waals surface area contributed by atoms with Crippen LogP contribution in [-0.4, -0.2) is 21.2 Å². The number of carbonyl (C=O) groups is 3. The van der Waals surface area contributed by atoms with Gasteiger partial charge in [0.05, 0.1) is 5.56 Å². The topological polar surface area (TPSA) is 73.3 Å². The Balaban J connectivity index is 1.67. The van der Waals surface area contributed by atoms with Crippen molar-refractivity contribution in [3.05, 3.63) is 84.2 Å². The minimum atomic E-state index is -0.482. The molecule has 0 aliphatic carbocycles. The van der Waals surface area contributed by atoms with Crippen molar-refractivity contribution in [2.24, 2.45) is 0 Å². The summed E-state index contributed by atoms with van der Waals surface area (Å²) in [6.45, 7) is 1.29. The SMILES string of the molecule is CC(=O)Oc1ccccc1C(=O)Sc1ccc(SC(=O)c2cccnc2)cc1. The van der Waals surface area contributed by atoms with E-state index in [4.69, 9.17) is 4.74 Å². The normalized spacial score (nSPS) is 10.3. The van der Waals surface area contributed by atoms with Crippen molar-refractivity contribution in [3.8, 4) is 5.75 Å². The summed E-state index contributed by atoms with van der Waals surface area (Å²) >= 11 is 2.13. The van der Waals surface area contributed by atoms with Gasteiger partial charge >= 0.3 is 5.97 Å². The zero-order chi connectivity index (χ0) is 19.9. The first-order chi connectivity index (χ1) is 13.5. The zero-order valence-corrected chi connectivity index (χ0v) is 16.5. The second-order valence-corrected chi connectivity index (χ2v) is 7.67. The van der Waals surface area contributed by atoms with Crippen LogP contribution in [0.1, 0.15) is 27.6 Å². The molecular formula is C21H15NO4S2.